The first-order valence-corrected chi connectivity index (χ1v) is 7.61. The molecule has 0 spiro atoms. The number of rotatable bonds is 6. The first kappa shape index (κ1) is 19.4. The zero-order valence-corrected chi connectivity index (χ0v) is 13.7. The Morgan fingerprint density at radius 3 is 2.62 bits per heavy atom. The second-order valence-electron chi connectivity index (χ2n) is 5.48. The maximum absolute atomic E-state index is 12.9. The van der Waals surface area contributed by atoms with Crippen molar-refractivity contribution in [3.63, 3.8) is 0 Å². The number of hydrogen-bond acceptors (Lipinski definition) is 5. The molecule has 0 aliphatic carbocycles. The molecule has 1 aromatic heterocycles. The molecule has 0 saturated heterocycles. The molecule has 0 fully saturated rings. The second kappa shape index (κ2) is 7.52. The molecule has 4 N–H and O–H groups in total. The summed E-state index contributed by atoms with van der Waals surface area (Å²) in [6.45, 7) is 1.62. The van der Waals surface area contributed by atoms with E-state index in [1.54, 1.807) is 6.92 Å². The van der Waals surface area contributed by atoms with E-state index in [9.17, 15) is 28.1 Å². The number of hydrogen-bond donors (Lipinski definition) is 3. The zero-order chi connectivity index (χ0) is 19.5. The van der Waals surface area contributed by atoms with E-state index in [0.29, 0.717) is 12.8 Å². The lowest BCUT2D eigenvalue weighted by Gasteiger charge is -2.12. The number of H-pyrrole nitrogens is 1. The van der Waals surface area contributed by atoms with Gasteiger partial charge in [-0.1, -0.05) is 13.3 Å². The van der Waals surface area contributed by atoms with Gasteiger partial charge in [-0.2, -0.15) is 18.3 Å². The maximum Gasteiger partial charge on any atom is 0.416 e. The summed E-state index contributed by atoms with van der Waals surface area (Å²) >= 11 is 0. The van der Waals surface area contributed by atoms with E-state index < -0.39 is 34.0 Å². The highest BCUT2D eigenvalue weighted by atomic mass is 19.4. The molecule has 0 saturated carbocycles. The topological polar surface area (TPSA) is 127 Å². The first-order chi connectivity index (χ1) is 12.2. The summed E-state index contributed by atoms with van der Waals surface area (Å²) in [5.74, 6) is -0.988. The van der Waals surface area contributed by atoms with Crippen LogP contribution in [0.15, 0.2) is 18.2 Å². The molecule has 0 bridgehead atoms. The highest BCUT2D eigenvalue weighted by Gasteiger charge is 2.32. The Balaban J connectivity index is 2.38. The van der Waals surface area contributed by atoms with E-state index >= 15 is 0 Å². The van der Waals surface area contributed by atoms with Gasteiger partial charge in [0.15, 0.2) is 0 Å². The van der Waals surface area contributed by atoms with E-state index in [-0.39, 0.29) is 23.5 Å². The number of nitrogens with zero attached hydrogens (tertiary/aromatic N) is 2. The largest absolute Gasteiger partial charge is 0.416 e. The van der Waals surface area contributed by atoms with E-state index in [4.69, 9.17) is 5.73 Å². The minimum absolute atomic E-state index is 0.151. The third-order valence-electron chi connectivity index (χ3n) is 3.52. The van der Waals surface area contributed by atoms with Crippen molar-refractivity contribution in [2.24, 2.45) is 5.73 Å². The molecule has 2 rings (SSSR count). The Labute approximate surface area is 145 Å². The van der Waals surface area contributed by atoms with E-state index in [1.807, 2.05) is 0 Å². The molecule has 0 unspecified atom stereocenters. The van der Waals surface area contributed by atoms with Crippen molar-refractivity contribution >= 4 is 17.3 Å². The van der Waals surface area contributed by atoms with E-state index in [1.165, 1.54) is 6.07 Å². The van der Waals surface area contributed by atoms with Crippen molar-refractivity contribution in [2.45, 2.75) is 32.5 Å². The van der Waals surface area contributed by atoms with Crippen LogP contribution in [0.1, 0.15) is 40.7 Å². The monoisotopic (exact) mass is 371 g/mol. The van der Waals surface area contributed by atoms with Crippen LogP contribution in [0.2, 0.25) is 0 Å². The average molecular weight is 371 g/mol. The van der Waals surface area contributed by atoms with Gasteiger partial charge in [-0.15, -0.1) is 0 Å². The predicted molar refractivity (Wildman–Crippen MR) is 86.5 cm³/mol. The summed E-state index contributed by atoms with van der Waals surface area (Å²) < 4.78 is 38.8. The van der Waals surface area contributed by atoms with Crippen molar-refractivity contribution in [3.05, 3.63) is 50.8 Å². The number of aromatic nitrogens is 2. The zero-order valence-electron chi connectivity index (χ0n) is 13.7. The Morgan fingerprint density at radius 1 is 1.38 bits per heavy atom. The number of nitrogens with two attached hydrogens (primary N) is 1. The highest BCUT2D eigenvalue weighted by Crippen LogP contribution is 2.32. The van der Waals surface area contributed by atoms with Crippen LogP contribution < -0.4 is 11.1 Å². The van der Waals surface area contributed by atoms with Gasteiger partial charge in [0.05, 0.1) is 10.5 Å². The fourth-order valence-electron chi connectivity index (χ4n) is 2.39. The Bertz CT molecular complexity index is 832. The smallest absolute Gasteiger partial charge is 0.326 e. The minimum Gasteiger partial charge on any atom is -0.326 e. The van der Waals surface area contributed by atoms with Crippen molar-refractivity contribution in [3.8, 4) is 0 Å². The quantitative estimate of drug-likeness (QED) is 0.531. The lowest BCUT2D eigenvalue weighted by molar-refractivity contribution is -0.385. The molecular weight excluding hydrogens is 355 g/mol. The average Bonchev–Trinajstić information content (AvgIpc) is 2.98. The van der Waals surface area contributed by atoms with Crippen molar-refractivity contribution < 1.29 is 22.9 Å². The summed E-state index contributed by atoms with van der Waals surface area (Å²) in [5, 5.41) is 19.5. The first-order valence-electron chi connectivity index (χ1n) is 7.61. The van der Waals surface area contributed by atoms with Crippen LogP contribution >= 0.6 is 0 Å². The van der Waals surface area contributed by atoms with Crippen molar-refractivity contribution in [1.82, 2.24) is 10.2 Å². The van der Waals surface area contributed by atoms with Crippen LogP contribution in [-0.4, -0.2) is 21.0 Å². The van der Waals surface area contributed by atoms with Gasteiger partial charge in [0.25, 0.3) is 5.91 Å². The number of anilines is 1. The fourth-order valence-corrected chi connectivity index (χ4v) is 2.39. The number of amides is 1. The van der Waals surface area contributed by atoms with Crippen LogP contribution in [0, 0.1) is 10.1 Å². The molecule has 140 valence electrons. The van der Waals surface area contributed by atoms with E-state index in [2.05, 4.69) is 15.5 Å². The van der Waals surface area contributed by atoms with Crippen LogP contribution in [0.3, 0.4) is 0 Å². The van der Waals surface area contributed by atoms with Crippen molar-refractivity contribution in [1.29, 1.82) is 0 Å². The number of nitrogens with one attached hydrogen (secondary N) is 2. The van der Waals surface area contributed by atoms with Crippen LogP contribution in [0.25, 0.3) is 0 Å². The molecule has 0 atom stereocenters. The number of aromatic amines is 1. The lowest BCUT2D eigenvalue weighted by atomic mass is 10.1. The molecule has 0 radical (unpaired) electrons. The summed E-state index contributed by atoms with van der Waals surface area (Å²) in [4.78, 5) is 22.8. The summed E-state index contributed by atoms with van der Waals surface area (Å²) in [5.41, 5.74) is 3.56. The second-order valence-corrected chi connectivity index (χ2v) is 5.48. The van der Waals surface area contributed by atoms with Gasteiger partial charge >= 0.3 is 11.9 Å². The fraction of sp³-hybridized carbons (Fsp3) is 0.333. The number of benzene rings is 1. The lowest BCUT2D eigenvalue weighted by Crippen LogP contribution is -2.16. The van der Waals surface area contributed by atoms with E-state index in [0.717, 1.165) is 12.1 Å². The number of carbonyl (C=O) groups excluding carboxylic acids is 1. The molecule has 11 heteroatoms. The number of aryl methyl sites for hydroxylation is 1. The molecular formula is C15H16F3N5O3. The van der Waals surface area contributed by atoms with Gasteiger partial charge in [0, 0.05) is 12.2 Å². The maximum atomic E-state index is 12.9. The van der Waals surface area contributed by atoms with Crippen molar-refractivity contribution in [2.75, 3.05) is 5.32 Å². The van der Waals surface area contributed by atoms with Crippen LogP contribution in [0.5, 0.6) is 0 Å². The Morgan fingerprint density at radius 2 is 2.08 bits per heavy atom. The number of alkyl halides is 3. The van der Waals surface area contributed by atoms with Gasteiger partial charge in [-0.25, -0.2) is 0 Å². The summed E-state index contributed by atoms with van der Waals surface area (Å²) in [6, 6.07) is 2.85. The molecule has 0 aliphatic rings. The third-order valence-corrected chi connectivity index (χ3v) is 3.52. The number of halogens is 3. The summed E-state index contributed by atoms with van der Waals surface area (Å²) in [7, 11) is 0. The highest BCUT2D eigenvalue weighted by molar-refractivity contribution is 6.05. The molecule has 2 aromatic rings. The van der Waals surface area contributed by atoms with Crippen LogP contribution in [0.4, 0.5) is 24.5 Å². The van der Waals surface area contributed by atoms with Gasteiger partial charge < -0.3 is 11.1 Å². The van der Waals surface area contributed by atoms with Gasteiger partial charge in [0.2, 0.25) is 5.69 Å². The third kappa shape index (κ3) is 4.17. The molecule has 26 heavy (non-hydrogen) atoms. The van der Waals surface area contributed by atoms with Gasteiger partial charge in [-0.05, 0) is 30.2 Å². The molecule has 1 amide bonds. The van der Waals surface area contributed by atoms with Crippen LogP contribution in [-0.2, 0) is 19.1 Å². The Kier molecular flexibility index (Phi) is 5.60. The Hall–Kier alpha value is -2.95. The van der Waals surface area contributed by atoms with Gasteiger partial charge in [-0.3, -0.25) is 20.0 Å². The normalized spacial score (nSPS) is 11.4. The standard InChI is InChI=1S/C15H16F3N5O3/c1-2-3-11-13(23(25)26)12(22-21-11)14(24)20-10-5-8(7-19)4-9(6-10)15(16,17)18/h4-6H,2-3,7,19H2,1H3,(H,20,24)(H,21,22). The summed E-state index contributed by atoms with van der Waals surface area (Å²) in [6.07, 6.45) is -3.74. The molecule has 1 aromatic carbocycles. The SMILES string of the molecule is CCCc1[nH]nc(C(=O)Nc2cc(CN)cc(C(F)(F)F)c2)c1[N+](=O)[O-]. The predicted octanol–water partition coefficient (Wildman–Crippen LogP) is 3.00. The molecule has 8 nitrogen and oxygen atoms in total. The number of nitro groups is 1. The van der Waals surface area contributed by atoms with Gasteiger partial charge in [0.1, 0.15) is 5.69 Å². The molecule has 0 aliphatic heterocycles. The molecule has 1 heterocycles. The minimum atomic E-state index is -4.63. The number of carbonyl (C=O) groups is 1.